The lowest BCUT2D eigenvalue weighted by Gasteiger charge is -2.44. The molecule has 1 unspecified atom stereocenters. The van der Waals surface area contributed by atoms with Crippen LogP contribution in [0.25, 0.3) is 21.7 Å². The second kappa shape index (κ2) is 4.65. The lowest BCUT2D eigenvalue weighted by molar-refractivity contribution is -0.142. The van der Waals surface area contributed by atoms with E-state index in [-0.39, 0.29) is 18.6 Å². The number of pyridine rings is 1. The van der Waals surface area contributed by atoms with Gasteiger partial charge < -0.3 is 10.0 Å². The van der Waals surface area contributed by atoms with Crippen LogP contribution >= 0.6 is 0 Å². The molecule has 5 rings (SSSR count). The molecule has 3 heterocycles. The largest absolute Gasteiger partial charge is 0.395 e. The van der Waals surface area contributed by atoms with E-state index < -0.39 is 5.41 Å². The van der Waals surface area contributed by atoms with Gasteiger partial charge in [-0.1, -0.05) is 42.5 Å². The van der Waals surface area contributed by atoms with E-state index in [0.29, 0.717) is 6.42 Å². The number of hydrogen-bond acceptors (Lipinski definition) is 3. The number of benzene rings is 2. The van der Waals surface area contributed by atoms with E-state index in [1.807, 2.05) is 48.8 Å². The third kappa shape index (κ3) is 1.56. The summed E-state index contributed by atoms with van der Waals surface area (Å²) in [6.45, 7) is -0.0275. The number of carbonyl (C=O) groups is 1. The molecule has 24 heavy (non-hydrogen) atoms. The summed E-state index contributed by atoms with van der Waals surface area (Å²) in [7, 11) is 0. The number of aromatic nitrogens is 1. The van der Waals surface area contributed by atoms with Crippen molar-refractivity contribution in [2.75, 3.05) is 6.61 Å². The number of carbonyl (C=O) groups excluding carboxylic acids is 1. The Kier molecular flexibility index (Phi) is 2.65. The molecule has 0 radical (unpaired) electrons. The Bertz CT molecular complexity index is 1030. The maximum Gasteiger partial charge on any atom is 0.228 e. The molecule has 1 N–H and O–H groups in total. The highest BCUT2D eigenvalue weighted by Crippen LogP contribution is 2.47. The zero-order valence-corrected chi connectivity index (χ0v) is 13.0. The quantitative estimate of drug-likeness (QED) is 0.584. The summed E-state index contributed by atoms with van der Waals surface area (Å²) < 4.78 is 0. The number of rotatable bonds is 2. The highest BCUT2D eigenvalue weighted by Gasteiger charge is 2.53. The Balaban J connectivity index is 1.85. The summed E-state index contributed by atoms with van der Waals surface area (Å²) >= 11 is 0. The molecular formula is C20H16N2O2. The first-order chi connectivity index (χ1) is 11.7. The average molecular weight is 316 g/mol. The van der Waals surface area contributed by atoms with E-state index in [1.165, 1.54) is 0 Å². The first-order valence-electron chi connectivity index (χ1n) is 8.13. The van der Waals surface area contributed by atoms with Crippen molar-refractivity contribution in [3.63, 3.8) is 0 Å². The normalized spacial score (nSPS) is 25.3. The van der Waals surface area contributed by atoms with Crippen LogP contribution in [0.3, 0.4) is 0 Å². The lowest BCUT2D eigenvalue weighted by Crippen LogP contribution is -2.57. The maximum absolute atomic E-state index is 11.8. The van der Waals surface area contributed by atoms with Crippen LogP contribution in [-0.4, -0.2) is 33.5 Å². The number of nitrogens with zero attached hydrogens (tertiary/aromatic N) is 2. The molecule has 118 valence electrons. The van der Waals surface area contributed by atoms with Gasteiger partial charge in [0.2, 0.25) is 5.91 Å². The zero-order valence-electron chi connectivity index (χ0n) is 13.0. The van der Waals surface area contributed by atoms with Crippen molar-refractivity contribution in [2.45, 2.75) is 17.9 Å². The fourth-order valence-electron chi connectivity index (χ4n) is 4.18. The van der Waals surface area contributed by atoms with E-state index in [9.17, 15) is 9.90 Å². The Hall–Kier alpha value is -2.72. The predicted octanol–water partition coefficient (Wildman–Crippen LogP) is 2.75. The van der Waals surface area contributed by atoms with Crippen LogP contribution in [0.2, 0.25) is 0 Å². The fourth-order valence-corrected chi connectivity index (χ4v) is 4.18. The van der Waals surface area contributed by atoms with Crippen molar-refractivity contribution in [3.8, 4) is 0 Å². The Morgan fingerprint density at radius 2 is 2.08 bits per heavy atom. The third-order valence-corrected chi connectivity index (χ3v) is 5.50. The summed E-state index contributed by atoms with van der Waals surface area (Å²) in [6.07, 6.45) is 6.17. The maximum atomic E-state index is 11.8. The van der Waals surface area contributed by atoms with Gasteiger partial charge in [0.1, 0.15) is 0 Å². The van der Waals surface area contributed by atoms with E-state index in [2.05, 4.69) is 17.1 Å². The predicted molar refractivity (Wildman–Crippen MR) is 92.4 cm³/mol. The minimum atomic E-state index is -0.556. The van der Waals surface area contributed by atoms with Crippen LogP contribution in [0.1, 0.15) is 12.0 Å². The van der Waals surface area contributed by atoms with Gasteiger partial charge in [-0.3, -0.25) is 9.78 Å². The average Bonchev–Trinajstić information content (AvgIpc) is 2.94. The molecular weight excluding hydrogens is 300 g/mol. The lowest BCUT2D eigenvalue weighted by atomic mass is 9.71. The van der Waals surface area contributed by atoms with Crippen LogP contribution < -0.4 is 0 Å². The van der Waals surface area contributed by atoms with Gasteiger partial charge in [-0.15, -0.1) is 0 Å². The minimum absolute atomic E-state index is 0.000400. The monoisotopic (exact) mass is 316 g/mol. The second-order valence-corrected chi connectivity index (χ2v) is 6.58. The summed E-state index contributed by atoms with van der Waals surface area (Å²) in [5.41, 5.74) is 1.40. The number of aliphatic hydroxyl groups excluding tert-OH is 1. The molecule has 0 saturated carbocycles. The molecule has 2 aromatic carbocycles. The standard InChI is InChI=1S/C20H16N2O2/c23-12-20(8-9-22-17(20)10-18(22)24)15-6-3-7-16-19(15)14-5-2-1-4-13(14)11-21-16/h1-9,11,17,23H,10,12H2/t17-,20?/m0/s1. The molecule has 1 amide bonds. The molecule has 2 atom stereocenters. The van der Waals surface area contributed by atoms with Gasteiger partial charge in [-0.2, -0.15) is 0 Å². The van der Waals surface area contributed by atoms with E-state index in [0.717, 1.165) is 27.2 Å². The molecule has 3 aromatic rings. The topological polar surface area (TPSA) is 53.4 Å². The molecule has 2 aliphatic rings. The SMILES string of the molecule is O=C1C[C@@H]2N1C=CC2(CO)c1cccc2ncc3ccccc3c12. The number of amides is 1. The molecule has 0 bridgehead atoms. The summed E-state index contributed by atoms with van der Waals surface area (Å²) in [5.74, 6) is 0.120. The van der Waals surface area contributed by atoms with Crippen molar-refractivity contribution < 1.29 is 9.90 Å². The molecule has 1 aromatic heterocycles. The number of hydrogen-bond donors (Lipinski definition) is 1. The van der Waals surface area contributed by atoms with E-state index in [4.69, 9.17) is 0 Å². The van der Waals surface area contributed by atoms with E-state index in [1.54, 1.807) is 4.90 Å². The van der Waals surface area contributed by atoms with Gasteiger partial charge >= 0.3 is 0 Å². The molecule has 1 fully saturated rings. The summed E-state index contributed by atoms with van der Waals surface area (Å²) in [4.78, 5) is 18.1. The van der Waals surface area contributed by atoms with Crippen LogP contribution in [0.4, 0.5) is 0 Å². The smallest absolute Gasteiger partial charge is 0.228 e. The van der Waals surface area contributed by atoms with Gasteiger partial charge in [-0.05, 0) is 17.0 Å². The molecule has 4 heteroatoms. The Labute approximate surface area is 139 Å². The second-order valence-electron chi connectivity index (χ2n) is 6.58. The molecule has 2 aliphatic heterocycles. The molecule has 1 saturated heterocycles. The van der Waals surface area contributed by atoms with Crippen LogP contribution in [0.5, 0.6) is 0 Å². The van der Waals surface area contributed by atoms with Gasteiger partial charge in [0, 0.05) is 29.6 Å². The Morgan fingerprint density at radius 1 is 1.21 bits per heavy atom. The van der Waals surface area contributed by atoms with Crippen molar-refractivity contribution in [2.24, 2.45) is 0 Å². The first kappa shape index (κ1) is 13.7. The summed E-state index contributed by atoms with van der Waals surface area (Å²) in [6, 6.07) is 14.2. The molecule has 0 aliphatic carbocycles. The number of β-lactam (4-membered cyclic amide) rings is 1. The van der Waals surface area contributed by atoms with Gasteiger partial charge in [0.25, 0.3) is 0 Å². The highest BCUT2D eigenvalue weighted by molar-refractivity contribution is 6.08. The van der Waals surface area contributed by atoms with Crippen LogP contribution in [0.15, 0.2) is 60.9 Å². The van der Waals surface area contributed by atoms with Crippen LogP contribution in [0, 0.1) is 0 Å². The third-order valence-electron chi connectivity index (χ3n) is 5.50. The van der Waals surface area contributed by atoms with Crippen molar-refractivity contribution in [1.29, 1.82) is 0 Å². The van der Waals surface area contributed by atoms with Crippen molar-refractivity contribution in [3.05, 3.63) is 66.5 Å². The van der Waals surface area contributed by atoms with Crippen molar-refractivity contribution in [1.82, 2.24) is 9.88 Å². The molecule has 4 nitrogen and oxygen atoms in total. The fraction of sp³-hybridized carbons (Fsp3) is 0.200. The first-order valence-corrected chi connectivity index (χ1v) is 8.13. The van der Waals surface area contributed by atoms with Gasteiger partial charge in [0.15, 0.2) is 0 Å². The summed E-state index contributed by atoms with van der Waals surface area (Å²) in [5, 5.41) is 13.6. The molecule has 0 spiro atoms. The zero-order chi connectivity index (χ0) is 16.3. The van der Waals surface area contributed by atoms with Crippen LogP contribution in [-0.2, 0) is 10.2 Å². The van der Waals surface area contributed by atoms with E-state index >= 15 is 0 Å². The Morgan fingerprint density at radius 3 is 2.88 bits per heavy atom. The number of fused-ring (bicyclic) bond motifs is 4. The number of aliphatic hydroxyl groups is 1. The van der Waals surface area contributed by atoms with Crippen molar-refractivity contribution >= 4 is 27.6 Å². The van der Waals surface area contributed by atoms with Gasteiger partial charge in [-0.25, -0.2) is 0 Å². The van der Waals surface area contributed by atoms with Gasteiger partial charge in [0.05, 0.1) is 23.6 Å². The minimum Gasteiger partial charge on any atom is -0.395 e. The highest BCUT2D eigenvalue weighted by atomic mass is 16.3.